The number of amides is 2. The van der Waals surface area contributed by atoms with Gasteiger partial charge in [0.25, 0.3) is 0 Å². The van der Waals surface area contributed by atoms with E-state index in [0.29, 0.717) is 23.8 Å². The summed E-state index contributed by atoms with van der Waals surface area (Å²) < 4.78 is 7.17. The molecule has 0 unspecified atom stereocenters. The molecular weight excluding hydrogens is 410 g/mol. The highest BCUT2D eigenvalue weighted by Gasteiger charge is 2.27. The van der Waals surface area contributed by atoms with E-state index in [9.17, 15) is 15.1 Å². The number of piperidine rings is 1. The number of benzene rings is 1. The second-order valence-electron chi connectivity index (χ2n) is 7.83. The van der Waals surface area contributed by atoms with Crippen molar-refractivity contribution in [2.24, 2.45) is 0 Å². The van der Waals surface area contributed by atoms with Gasteiger partial charge in [0, 0.05) is 37.8 Å². The monoisotopic (exact) mass is 437 g/mol. The van der Waals surface area contributed by atoms with Crippen molar-refractivity contribution in [2.75, 3.05) is 27.2 Å². The molecule has 9 heteroatoms. The Kier molecular flexibility index (Phi) is 6.38. The van der Waals surface area contributed by atoms with Crippen molar-refractivity contribution in [2.45, 2.75) is 25.4 Å². The van der Waals surface area contributed by atoms with Crippen LogP contribution in [0, 0.1) is 0 Å². The van der Waals surface area contributed by atoms with Gasteiger partial charge in [-0.05, 0) is 55.3 Å². The lowest BCUT2D eigenvalue weighted by Gasteiger charge is -2.32. The fraction of sp³-hybridized carbons (Fsp3) is 0.348. The van der Waals surface area contributed by atoms with E-state index in [-0.39, 0.29) is 18.6 Å². The Labute approximate surface area is 186 Å². The Hall–Kier alpha value is -3.43. The molecule has 0 aliphatic carbocycles. The lowest BCUT2D eigenvalue weighted by Crippen LogP contribution is -2.43. The van der Waals surface area contributed by atoms with E-state index in [1.807, 2.05) is 35.0 Å². The number of urea groups is 1. The van der Waals surface area contributed by atoms with Crippen molar-refractivity contribution in [3.63, 3.8) is 0 Å². The summed E-state index contributed by atoms with van der Waals surface area (Å²) in [6, 6.07) is 13.1. The summed E-state index contributed by atoms with van der Waals surface area (Å²) in [6.07, 6.45) is 3.27. The molecule has 2 amide bonds. The highest BCUT2D eigenvalue weighted by molar-refractivity contribution is 5.73. The quantitative estimate of drug-likeness (QED) is 0.470. The fourth-order valence-corrected chi connectivity index (χ4v) is 3.97. The summed E-state index contributed by atoms with van der Waals surface area (Å²) in [4.78, 5) is 18.0. The summed E-state index contributed by atoms with van der Waals surface area (Å²) in [5.74, 6) is 0.966. The number of rotatable bonds is 5. The summed E-state index contributed by atoms with van der Waals surface area (Å²) in [6.45, 7) is 1.02. The third kappa shape index (κ3) is 4.44. The predicted molar refractivity (Wildman–Crippen MR) is 118 cm³/mol. The van der Waals surface area contributed by atoms with E-state index in [2.05, 4.69) is 11.1 Å². The van der Waals surface area contributed by atoms with E-state index < -0.39 is 0 Å². The van der Waals surface area contributed by atoms with Crippen molar-refractivity contribution in [1.82, 2.24) is 24.7 Å². The van der Waals surface area contributed by atoms with Gasteiger partial charge in [0.2, 0.25) is 0 Å². The predicted octanol–water partition coefficient (Wildman–Crippen LogP) is 3.06. The number of hydrogen-bond acceptors (Lipinski definition) is 6. The van der Waals surface area contributed by atoms with Gasteiger partial charge >= 0.3 is 6.03 Å². The first-order chi connectivity index (χ1) is 15.5. The third-order valence-corrected chi connectivity index (χ3v) is 5.79. The van der Waals surface area contributed by atoms with Gasteiger partial charge in [-0.1, -0.05) is 0 Å². The van der Waals surface area contributed by atoms with Gasteiger partial charge in [-0.2, -0.15) is 5.10 Å². The van der Waals surface area contributed by atoms with Gasteiger partial charge in [0.05, 0.1) is 36.5 Å². The van der Waals surface area contributed by atoms with Crippen molar-refractivity contribution in [1.29, 1.82) is 0 Å². The molecular formula is C23H27N5O4. The Balaban J connectivity index is 1.65. The van der Waals surface area contributed by atoms with Gasteiger partial charge in [-0.3, -0.25) is 10.2 Å². The first-order valence-electron chi connectivity index (χ1n) is 10.5. The molecule has 0 spiro atoms. The third-order valence-electron chi connectivity index (χ3n) is 5.79. The summed E-state index contributed by atoms with van der Waals surface area (Å²) >= 11 is 0. The van der Waals surface area contributed by atoms with Gasteiger partial charge in [-0.25, -0.2) is 14.5 Å². The van der Waals surface area contributed by atoms with Crippen LogP contribution in [0.4, 0.5) is 4.79 Å². The maximum absolute atomic E-state index is 12.0. The lowest BCUT2D eigenvalue weighted by atomic mass is 9.93. The van der Waals surface area contributed by atoms with E-state index in [1.165, 1.54) is 7.05 Å². The van der Waals surface area contributed by atoms with Gasteiger partial charge in [0.1, 0.15) is 5.75 Å². The molecule has 1 saturated heterocycles. The first-order valence-corrected chi connectivity index (χ1v) is 10.5. The van der Waals surface area contributed by atoms with E-state index >= 15 is 0 Å². The number of carbonyl (C=O) groups is 1. The Morgan fingerprint density at radius 1 is 1.19 bits per heavy atom. The van der Waals surface area contributed by atoms with E-state index in [4.69, 9.17) is 9.84 Å². The van der Waals surface area contributed by atoms with Crippen LogP contribution in [0.5, 0.6) is 5.75 Å². The van der Waals surface area contributed by atoms with Crippen molar-refractivity contribution >= 4 is 6.03 Å². The largest absolute Gasteiger partial charge is 0.497 e. The lowest BCUT2D eigenvalue weighted by molar-refractivity contribution is -0.0356. The average Bonchev–Trinajstić information content (AvgIpc) is 3.29. The first kappa shape index (κ1) is 21.8. The maximum atomic E-state index is 12.0. The van der Waals surface area contributed by atoms with E-state index in [1.54, 1.807) is 24.3 Å². The molecule has 3 heterocycles. The molecule has 2 aromatic heterocycles. The van der Waals surface area contributed by atoms with Crippen LogP contribution < -0.4 is 4.74 Å². The Morgan fingerprint density at radius 3 is 2.47 bits per heavy atom. The number of likely N-dealkylation sites (tertiary alicyclic amines) is 1. The SMILES string of the molecule is COc1ccc(-n2nc(C3CCN(C(=O)N(C)O)CC3)cc2-c2ccc(CO)nc2)cc1. The molecule has 1 fully saturated rings. The molecule has 32 heavy (non-hydrogen) atoms. The molecule has 1 aliphatic rings. The molecule has 4 rings (SSSR count). The summed E-state index contributed by atoms with van der Waals surface area (Å²) in [5, 5.41) is 24.3. The second-order valence-corrected chi connectivity index (χ2v) is 7.83. The minimum Gasteiger partial charge on any atom is -0.497 e. The Morgan fingerprint density at radius 2 is 1.91 bits per heavy atom. The van der Waals surface area contributed by atoms with Crippen LogP contribution in [-0.4, -0.2) is 68.3 Å². The normalized spacial score (nSPS) is 14.4. The van der Waals surface area contributed by atoms with Crippen LogP contribution in [-0.2, 0) is 6.61 Å². The minimum atomic E-state index is -0.386. The topological polar surface area (TPSA) is 104 Å². The van der Waals surface area contributed by atoms with Gasteiger partial charge in [0.15, 0.2) is 0 Å². The average molecular weight is 438 g/mol. The molecule has 0 bridgehead atoms. The van der Waals surface area contributed by atoms with Crippen LogP contribution in [0.25, 0.3) is 16.9 Å². The molecule has 9 nitrogen and oxygen atoms in total. The number of ether oxygens (including phenoxy) is 1. The molecule has 0 atom stereocenters. The number of methoxy groups -OCH3 is 1. The zero-order valence-corrected chi connectivity index (χ0v) is 18.2. The zero-order valence-electron chi connectivity index (χ0n) is 18.2. The highest BCUT2D eigenvalue weighted by Crippen LogP contribution is 2.32. The van der Waals surface area contributed by atoms with Crippen LogP contribution in [0.1, 0.15) is 30.1 Å². The van der Waals surface area contributed by atoms with Crippen LogP contribution in [0.2, 0.25) is 0 Å². The zero-order chi connectivity index (χ0) is 22.7. The Bertz CT molecular complexity index is 990. The number of aliphatic hydroxyl groups excluding tert-OH is 1. The number of aromatic nitrogens is 3. The summed E-state index contributed by atoms with van der Waals surface area (Å²) in [5.41, 5.74) is 4.25. The van der Waals surface area contributed by atoms with Crippen LogP contribution >= 0.6 is 0 Å². The minimum absolute atomic E-state index is 0.108. The standard InChI is InChI=1S/C23H27N5O4/c1-26(31)23(30)27-11-9-16(10-12-27)21-13-22(17-3-4-18(15-29)24-14-17)28(25-21)19-5-7-20(32-2)8-6-19/h3-8,13-14,16,29,31H,9-12,15H2,1-2H3. The number of pyridine rings is 1. The number of aliphatic hydroxyl groups is 1. The summed E-state index contributed by atoms with van der Waals surface area (Å²) in [7, 11) is 2.97. The molecule has 168 valence electrons. The van der Waals surface area contributed by atoms with Crippen LogP contribution in [0.3, 0.4) is 0 Å². The number of hydroxylamine groups is 2. The number of nitrogens with zero attached hydrogens (tertiary/aromatic N) is 5. The van der Waals surface area contributed by atoms with Crippen molar-refractivity contribution < 1.29 is 19.8 Å². The van der Waals surface area contributed by atoms with E-state index in [0.717, 1.165) is 41.2 Å². The molecule has 0 radical (unpaired) electrons. The van der Waals surface area contributed by atoms with Crippen LogP contribution in [0.15, 0.2) is 48.7 Å². The maximum Gasteiger partial charge on any atom is 0.343 e. The van der Waals surface area contributed by atoms with Gasteiger partial charge < -0.3 is 14.7 Å². The molecule has 3 aromatic rings. The highest BCUT2D eigenvalue weighted by atomic mass is 16.5. The molecule has 1 aromatic carbocycles. The number of carbonyl (C=O) groups excluding carboxylic acids is 1. The number of hydrogen-bond donors (Lipinski definition) is 2. The fourth-order valence-electron chi connectivity index (χ4n) is 3.97. The smallest absolute Gasteiger partial charge is 0.343 e. The van der Waals surface area contributed by atoms with Crippen molar-refractivity contribution in [3.8, 4) is 22.7 Å². The second kappa shape index (κ2) is 9.37. The van der Waals surface area contributed by atoms with Gasteiger partial charge in [-0.15, -0.1) is 0 Å². The molecule has 0 saturated carbocycles. The van der Waals surface area contributed by atoms with Crippen molar-refractivity contribution in [3.05, 3.63) is 60.0 Å². The molecule has 1 aliphatic heterocycles. The molecule has 2 N–H and O–H groups in total.